The number of hydrogen-bond donors (Lipinski definition) is 0. The van der Waals surface area contributed by atoms with Crippen molar-refractivity contribution >= 4 is 22.8 Å². The quantitative estimate of drug-likeness (QED) is 0.839. The van der Waals surface area contributed by atoms with Gasteiger partial charge in [-0.1, -0.05) is 0 Å². The third-order valence-corrected chi connectivity index (χ3v) is 5.68. The first-order valence-corrected chi connectivity index (χ1v) is 9.32. The van der Waals surface area contributed by atoms with Crippen molar-refractivity contribution < 1.29 is 9.21 Å². The third-order valence-electron chi connectivity index (χ3n) is 5.68. The molecule has 2 fully saturated rings. The van der Waals surface area contributed by atoms with E-state index in [4.69, 9.17) is 9.40 Å². The predicted molar refractivity (Wildman–Crippen MR) is 96.8 cm³/mol. The lowest BCUT2D eigenvalue weighted by Crippen LogP contribution is -2.42. The van der Waals surface area contributed by atoms with E-state index in [0.717, 1.165) is 80.2 Å². The lowest BCUT2D eigenvalue weighted by Gasteiger charge is -2.34. The summed E-state index contributed by atoms with van der Waals surface area (Å²) in [5.41, 5.74) is 1.79. The summed E-state index contributed by atoms with van der Waals surface area (Å²) in [7, 11) is 0. The Morgan fingerprint density at radius 2 is 1.72 bits per heavy atom. The summed E-state index contributed by atoms with van der Waals surface area (Å²) >= 11 is 0. The fraction of sp³-hybridized carbons (Fsp3) is 0.632. The SMILES string of the molecule is Cc1nc(N2CCC(C(=O)N3CCCC3)CC2)c2c(C)c(C)oc2n1. The zero-order chi connectivity index (χ0) is 17.6. The number of anilines is 1. The second kappa shape index (κ2) is 6.32. The molecule has 2 aliphatic rings. The Labute approximate surface area is 148 Å². The first kappa shape index (κ1) is 16.4. The highest BCUT2D eigenvalue weighted by Crippen LogP contribution is 2.33. The van der Waals surface area contributed by atoms with Crippen LogP contribution >= 0.6 is 0 Å². The van der Waals surface area contributed by atoms with E-state index < -0.39 is 0 Å². The van der Waals surface area contributed by atoms with Gasteiger partial charge in [0.05, 0.1) is 5.39 Å². The van der Waals surface area contributed by atoms with Gasteiger partial charge >= 0.3 is 0 Å². The van der Waals surface area contributed by atoms with Crippen LogP contribution in [0.5, 0.6) is 0 Å². The van der Waals surface area contributed by atoms with Gasteiger partial charge in [-0.05, 0) is 46.5 Å². The van der Waals surface area contributed by atoms with E-state index in [1.165, 1.54) is 0 Å². The number of carbonyl (C=O) groups excluding carboxylic acids is 1. The molecular weight excluding hydrogens is 316 g/mol. The fourth-order valence-corrected chi connectivity index (χ4v) is 4.09. The van der Waals surface area contributed by atoms with Crippen LogP contribution in [0.3, 0.4) is 0 Å². The first-order valence-electron chi connectivity index (χ1n) is 9.32. The van der Waals surface area contributed by atoms with Crippen LogP contribution in [0.4, 0.5) is 5.82 Å². The maximum absolute atomic E-state index is 12.6. The maximum atomic E-state index is 12.6. The van der Waals surface area contributed by atoms with Gasteiger partial charge in [0.15, 0.2) is 0 Å². The summed E-state index contributed by atoms with van der Waals surface area (Å²) in [6, 6.07) is 0. The van der Waals surface area contributed by atoms with Gasteiger partial charge in [-0.25, -0.2) is 4.98 Å². The maximum Gasteiger partial charge on any atom is 0.231 e. The highest BCUT2D eigenvalue weighted by Gasteiger charge is 2.31. The molecule has 0 bridgehead atoms. The van der Waals surface area contributed by atoms with E-state index in [1.807, 2.05) is 13.8 Å². The number of rotatable bonds is 2. The Morgan fingerprint density at radius 1 is 1.04 bits per heavy atom. The molecule has 0 atom stereocenters. The van der Waals surface area contributed by atoms with E-state index in [0.29, 0.717) is 11.6 Å². The lowest BCUT2D eigenvalue weighted by atomic mass is 9.95. The average Bonchev–Trinajstić information content (AvgIpc) is 3.23. The Hall–Kier alpha value is -2.11. The largest absolute Gasteiger partial charge is 0.443 e. The van der Waals surface area contributed by atoms with Crippen LogP contribution in [0.1, 0.15) is 42.8 Å². The molecule has 0 aromatic carbocycles. The summed E-state index contributed by atoms with van der Waals surface area (Å²) < 4.78 is 5.80. The second-order valence-electron chi connectivity index (χ2n) is 7.35. The molecule has 6 nitrogen and oxygen atoms in total. The van der Waals surface area contributed by atoms with Crippen molar-refractivity contribution in [1.29, 1.82) is 0 Å². The standard InChI is InChI=1S/C19H26N4O2/c1-12-13(2)25-18-16(12)17(20-14(3)21-18)22-10-6-15(7-11-22)19(24)23-8-4-5-9-23/h15H,4-11H2,1-3H3. The minimum absolute atomic E-state index is 0.167. The average molecular weight is 342 g/mol. The van der Waals surface area contributed by atoms with Crippen molar-refractivity contribution in [2.24, 2.45) is 5.92 Å². The van der Waals surface area contributed by atoms with Crippen LogP contribution in [0.25, 0.3) is 11.1 Å². The molecule has 134 valence electrons. The summed E-state index contributed by atoms with van der Waals surface area (Å²) in [5.74, 6) is 3.11. The van der Waals surface area contributed by atoms with Crippen LogP contribution in [0, 0.1) is 26.7 Å². The van der Waals surface area contributed by atoms with Crippen LogP contribution in [-0.2, 0) is 4.79 Å². The fourth-order valence-electron chi connectivity index (χ4n) is 4.09. The van der Waals surface area contributed by atoms with Gasteiger partial charge in [0.25, 0.3) is 0 Å². The molecule has 1 amide bonds. The molecule has 0 saturated carbocycles. The van der Waals surface area contributed by atoms with Gasteiger partial charge in [0.1, 0.15) is 17.4 Å². The summed E-state index contributed by atoms with van der Waals surface area (Å²) in [4.78, 5) is 26.1. The highest BCUT2D eigenvalue weighted by atomic mass is 16.3. The Bertz CT molecular complexity index is 799. The van der Waals surface area contributed by atoms with Crippen molar-refractivity contribution in [3.05, 3.63) is 17.1 Å². The Balaban J connectivity index is 1.54. The molecule has 0 radical (unpaired) electrons. The van der Waals surface area contributed by atoms with E-state index in [1.54, 1.807) is 0 Å². The van der Waals surface area contributed by atoms with Crippen molar-refractivity contribution in [2.75, 3.05) is 31.1 Å². The van der Waals surface area contributed by atoms with Crippen LogP contribution < -0.4 is 4.90 Å². The first-order chi connectivity index (χ1) is 12.0. The Kier molecular flexibility index (Phi) is 4.13. The van der Waals surface area contributed by atoms with Crippen molar-refractivity contribution in [3.63, 3.8) is 0 Å². The molecule has 0 unspecified atom stereocenters. The number of furan rings is 1. The number of fused-ring (bicyclic) bond motifs is 1. The van der Waals surface area contributed by atoms with Crippen molar-refractivity contribution in [2.45, 2.75) is 46.5 Å². The number of amides is 1. The minimum atomic E-state index is 0.167. The smallest absolute Gasteiger partial charge is 0.231 e. The van der Waals surface area contributed by atoms with Gasteiger partial charge in [0, 0.05) is 37.7 Å². The van der Waals surface area contributed by atoms with Crippen LogP contribution in [0.2, 0.25) is 0 Å². The number of hydrogen-bond acceptors (Lipinski definition) is 5. The van der Waals surface area contributed by atoms with Gasteiger partial charge in [-0.15, -0.1) is 0 Å². The molecule has 25 heavy (non-hydrogen) atoms. The number of piperidine rings is 1. The topological polar surface area (TPSA) is 62.5 Å². The van der Waals surface area contributed by atoms with E-state index in [9.17, 15) is 4.79 Å². The van der Waals surface area contributed by atoms with Crippen molar-refractivity contribution in [3.8, 4) is 0 Å². The predicted octanol–water partition coefficient (Wildman–Crippen LogP) is 2.99. The number of aryl methyl sites for hydroxylation is 3. The normalized spacial score (nSPS) is 19.2. The zero-order valence-corrected chi connectivity index (χ0v) is 15.3. The van der Waals surface area contributed by atoms with Gasteiger partial charge < -0.3 is 14.2 Å². The Morgan fingerprint density at radius 3 is 2.40 bits per heavy atom. The minimum Gasteiger partial charge on any atom is -0.443 e. The molecule has 4 rings (SSSR count). The summed E-state index contributed by atoms with van der Waals surface area (Å²) in [5, 5.41) is 1.02. The molecule has 0 aliphatic carbocycles. The molecule has 6 heteroatoms. The van der Waals surface area contributed by atoms with E-state index in [2.05, 4.69) is 21.7 Å². The van der Waals surface area contributed by atoms with Crippen LogP contribution in [-0.4, -0.2) is 47.0 Å². The number of aromatic nitrogens is 2. The van der Waals surface area contributed by atoms with Gasteiger partial charge in [-0.2, -0.15) is 4.98 Å². The highest BCUT2D eigenvalue weighted by molar-refractivity contribution is 5.90. The number of likely N-dealkylation sites (tertiary alicyclic amines) is 1. The molecule has 0 N–H and O–H groups in total. The van der Waals surface area contributed by atoms with Crippen molar-refractivity contribution in [1.82, 2.24) is 14.9 Å². The molecule has 2 aliphatic heterocycles. The molecule has 2 aromatic rings. The lowest BCUT2D eigenvalue weighted by molar-refractivity contribution is -0.135. The monoisotopic (exact) mass is 342 g/mol. The van der Waals surface area contributed by atoms with Gasteiger partial charge in [0.2, 0.25) is 11.6 Å². The zero-order valence-electron chi connectivity index (χ0n) is 15.3. The van der Waals surface area contributed by atoms with Crippen LogP contribution in [0.15, 0.2) is 4.42 Å². The van der Waals surface area contributed by atoms with E-state index >= 15 is 0 Å². The molecule has 4 heterocycles. The third kappa shape index (κ3) is 2.87. The molecular formula is C19H26N4O2. The van der Waals surface area contributed by atoms with Gasteiger partial charge in [-0.3, -0.25) is 4.79 Å². The number of nitrogens with zero attached hydrogens (tertiary/aromatic N) is 4. The summed E-state index contributed by atoms with van der Waals surface area (Å²) in [6.07, 6.45) is 4.11. The van der Waals surface area contributed by atoms with E-state index in [-0.39, 0.29) is 5.92 Å². The molecule has 2 aromatic heterocycles. The molecule has 0 spiro atoms. The number of carbonyl (C=O) groups is 1. The second-order valence-corrected chi connectivity index (χ2v) is 7.35. The summed E-state index contributed by atoms with van der Waals surface area (Å²) in [6.45, 7) is 9.54. The molecule has 2 saturated heterocycles.